The normalized spacial score (nSPS) is 18.0. The molecule has 0 aromatic rings. The fourth-order valence-corrected chi connectivity index (χ4v) is 7.58. The molecule has 42 heavy (non-hydrogen) atoms. The van der Waals surface area contributed by atoms with Crippen molar-refractivity contribution in [2.45, 2.75) is 88.1 Å². The summed E-state index contributed by atoms with van der Waals surface area (Å²) in [5, 5.41) is 0. The van der Waals surface area contributed by atoms with Crippen LogP contribution in [0.4, 0.5) is 0 Å². The van der Waals surface area contributed by atoms with E-state index in [2.05, 4.69) is 23.8 Å². The van der Waals surface area contributed by atoms with Gasteiger partial charge in [-0.25, -0.2) is 14.5 Å². The molecule has 0 atom stereocenters. The van der Waals surface area contributed by atoms with E-state index in [0.717, 1.165) is 42.5 Å². The van der Waals surface area contributed by atoms with Gasteiger partial charge in [-0.2, -0.15) is 16.8 Å². The van der Waals surface area contributed by atoms with Gasteiger partial charge in [0.1, 0.15) is 0 Å². The molecule has 0 spiro atoms. The van der Waals surface area contributed by atoms with E-state index in [1.807, 2.05) is 0 Å². The van der Waals surface area contributed by atoms with Gasteiger partial charge in [-0.1, -0.05) is 38.5 Å². The molecular weight excluding hydrogens is 708 g/mol. The molecule has 0 aliphatic heterocycles. The van der Waals surface area contributed by atoms with Crippen molar-refractivity contribution in [3.8, 4) is 0 Å². The third-order valence-electron chi connectivity index (χ3n) is 6.27. The Morgan fingerprint density at radius 1 is 0.738 bits per heavy atom. The summed E-state index contributed by atoms with van der Waals surface area (Å²) < 4.78 is 70.4. The van der Waals surface area contributed by atoms with Crippen LogP contribution in [0, 0.1) is 0 Å². The van der Waals surface area contributed by atoms with E-state index < -0.39 is 49.0 Å². The molecule has 2 rings (SSSR count). The van der Waals surface area contributed by atoms with Gasteiger partial charge in [0.05, 0.1) is 29.9 Å². The predicted octanol–water partition coefficient (Wildman–Crippen LogP) is 3.38. The van der Waals surface area contributed by atoms with Crippen LogP contribution < -0.4 is 14.5 Å². The molecule has 22 heteroatoms. The van der Waals surface area contributed by atoms with Crippen LogP contribution in [0.2, 0.25) is 0 Å². The van der Waals surface area contributed by atoms with Gasteiger partial charge in [-0.3, -0.25) is 18.7 Å². The fraction of sp³-hybridized carbons (Fsp3) is 0.900. The van der Waals surface area contributed by atoms with Crippen molar-refractivity contribution in [3.63, 3.8) is 0 Å². The van der Waals surface area contributed by atoms with Crippen molar-refractivity contribution in [3.05, 3.63) is 0 Å². The zero-order valence-electron chi connectivity index (χ0n) is 22.7. The van der Waals surface area contributed by atoms with Gasteiger partial charge in [-0.15, -0.1) is 3.94 Å². The largest absolute Gasteiger partial charge is 0.662 e. The molecule has 0 unspecified atom stereocenters. The van der Waals surface area contributed by atoms with Crippen molar-refractivity contribution < 1.29 is 44.8 Å². The molecule has 14 nitrogen and oxygen atoms in total. The highest BCUT2D eigenvalue weighted by Gasteiger charge is 2.41. The van der Waals surface area contributed by atoms with Crippen LogP contribution in [0.3, 0.4) is 0 Å². The minimum Gasteiger partial charge on any atom is -0.500 e. The SMILES string of the molecule is O=C(CCNCl)O[B]OC(=O)CCNCl.O=S(=O)(O)CC1(N(Cl)Cl)CCCCC1.O=S(=O)(O)CC1(NCl)CCCCC1. The Hall–Kier alpha value is 0.115. The van der Waals surface area contributed by atoms with Gasteiger partial charge < -0.3 is 9.31 Å². The molecule has 0 saturated heterocycles. The van der Waals surface area contributed by atoms with E-state index in [4.69, 9.17) is 68.0 Å². The van der Waals surface area contributed by atoms with Crippen LogP contribution >= 0.6 is 58.9 Å². The fourth-order valence-electron chi connectivity index (χ4n) is 4.30. The van der Waals surface area contributed by atoms with E-state index in [-0.39, 0.29) is 31.7 Å². The Morgan fingerprint density at radius 2 is 1.14 bits per heavy atom. The second-order valence-electron chi connectivity index (χ2n) is 9.75. The Bertz CT molecular complexity index is 983. The van der Waals surface area contributed by atoms with Crippen molar-refractivity contribution in [2.24, 2.45) is 0 Å². The third kappa shape index (κ3) is 20.2. The standard InChI is InChI=1S/C7H13Cl2NO3S.C7H14ClNO3S.C6H10BCl2N2O4/c8-10(9)7(6-14(11,12)13)4-2-1-3-5-7;8-9-7(6-13(10,11)12)4-2-1-3-5-7;8-10-3-1-5(12)14-7-15-6(13)2-4-11-9/h1-6H2,(H,11,12,13);9H,1-6H2,(H,10,11,12);10-11H,1-4H2. The van der Waals surface area contributed by atoms with Crippen LogP contribution in [0.1, 0.15) is 77.0 Å². The quantitative estimate of drug-likeness (QED) is 0.0985. The van der Waals surface area contributed by atoms with Gasteiger partial charge in [0, 0.05) is 18.6 Å². The summed E-state index contributed by atoms with van der Waals surface area (Å²) in [6.45, 7) is 0.552. The molecule has 0 aromatic carbocycles. The van der Waals surface area contributed by atoms with Crippen molar-refractivity contribution in [2.75, 3.05) is 24.6 Å². The summed E-state index contributed by atoms with van der Waals surface area (Å²) in [6.07, 6.45) is 8.59. The monoisotopic (exact) mass is 743 g/mol. The number of hydrogen-bond acceptors (Lipinski definition) is 12. The maximum atomic E-state index is 10.8. The minimum absolute atomic E-state index is 0.0841. The lowest BCUT2D eigenvalue weighted by atomic mass is 9.84. The van der Waals surface area contributed by atoms with Crippen molar-refractivity contribution >= 4 is 98.7 Å². The van der Waals surface area contributed by atoms with Crippen LogP contribution in [0.25, 0.3) is 0 Å². The molecule has 0 amide bonds. The Morgan fingerprint density at radius 3 is 1.48 bits per heavy atom. The number of hydrogen-bond donors (Lipinski definition) is 5. The first-order valence-electron chi connectivity index (χ1n) is 12.8. The maximum absolute atomic E-state index is 10.8. The first-order valence-corrected chi connectivity index (χ1v) is 17.8. The topological polar surface area (TPSA) is 201 Å². The summed E-state index contributed by atoms with van der Waals surface area (Å²) in [5.74, 6) is -1.78. The molecule has 2 aliphatic carbocycles. The molecule has 2 fully saturated rings. The molecule has 0 aromatic heterocycles. The minimum atomic E-state index is -4.04. The summed E-state index contributed by atoms with van der Waals surface area (Å²) >= 11 is 27.0. The Balaban J connectivity index is 0.000000601. The van der Waals surface area contributed by atoms with E-state index in [0.29, 0.717) is 33.4 Å². The smallest absolute Gasteiger partial charge is 0.500 e. The van der Waals surface area contributed by atoms with E-state index >= 15 is 0 Å². The number of halogens is 5. The highest BCUT2D eigenvalue weighted by Crippen LogP contribution is 2.37. The summed E-state index contributed by atoms with van der Waals surface area (Å²) in [4.78, 5) is 28.7. The Labute approximate surface area is 273 Å². The second-order valence-corrected chi connectivity index (χ2v) is 14.2. The molecule has 2 aliphatic rings. The lowest BCUT2D eigenvalue weighted by molar-refractivity contribution is -0.139. The average Bonchev–Trinajstić information content (AvgIpc) is 2.90. The molecular formula is C20H37BCl5N4O10S2. The van der Waals surface area contributed by atoms with Crippen LogP contribution in [-0.4, -0.2) is 85.2 Å². The van der Waals surface area contributed by atoms with Gasteiger partial charge in [-0.05, 0) is 84.6 Å². The van der Waals surface area contributed by atoms with Crippen LogP contribution in [-0.2, 0) is 39.1 Å². The third-order valence-corrected chi connectivity index (χ3v) is 9.59. The molecule has 2 saturated carbocycles. The molecule has 5 N–H and O–H groups in total. The summed E-state index contributed by atoms with van der Waals surface area (Å²) in [6, 6.07) is 0. The van der Waals surface area contributed by atoms with Crippen molar-refractivity contribution in [1.29, 1.82) is 0 Å². The highest BCUT2D eigenvalue weighted by molar-refractivity contribution is 7.86. The highest BCUT2D eigenvalue weighted by atomic mass is 35.5. The van der Waals surface area contributed by atoms with Gasteiger partial charge in [0.2, 0.25) is 0 Å². The van der Waals surface area contributed by atoms with E-state index in [9.17, 15) is 26.4 Å². The zero-order valence-corrected chi connectivity index (χ0v) is 28.1. The average molecular weight is 746 g/mol. The number of nitrogens with zero attached hydrogens (tertiary/aromatic N) is 1. The molecule has 247 valence electrons. The van der Waals surface area contributed by atoms with Crippen LogP contribution in [0.5, 0.6) is 0 Å². The zero-order chi connectivity index (χ0) is 32.3. The predicted molar refractivity (Wildman–Crippen MR) is 162 cm³/mol. The first-order chi connectivity index (χ1) is 19.5. The lowest BCUT2D eigenvalue weighted by Crippen LogP contribution is -2.47. The van der Waals surface area contributed by atoms with E-state index in [1.54, 1.807) is 0 Å². The Kier molecular flexibility index (Phi) is 21.8. The molecule has 0 bridgehead atoms. The van der Waals surface area contributed by atoms with Crippen LogP contribution in [0.15, 0.2) is 0 Å². The van der Waals surface area contributed by atoms with E-state index in [1.165, 1.54) is 0 Å². The number of carbonyl (C=O) groups is 2. The lowest BCUT2D eigenvalue weighted by Gasteiger charge is -2.37. The number of nitrogens with one attached hydrogen (secondary N) is 3. The number of carbonyl (C=O) groups excluding carboxylic acids is 2. The summed E-state index contributed by atoms with van der Waals surface area (Å²) in [5.41, 5.74) is -1.43. The molecule has 1 radical (unpaired) electrons. The first kappa shape index (κ1) is 42.1. The van der Waals surface area contributed by atoms with Crippen molar-refractivity contribution in [1.82, 2.24) is 18.4 Å². The van der Waals surface area contributed by atoms with Gasteiger partial charge in [0.25, 0.3) is 32.2 Å². The van der Waals surface area contributed by atoms with Gasteiger partial charge in [0.15, 0.2) is 0 Å². The molecule has 0 heterocycles. The summed E-state index contributed by atoms with van der Waals surface area (Å²) in [7, 11) is -7.29. The number of rotatable bonds is 14. The maximum Gasteiger partial charge on any atom is 0.662 e. The second kappa shape index (κ2) is 21.8. The van der Waals surface area contributed by atoms with Gasteiger partial charge >= 0.3 is 7.69 Å².